The smallest absolute Gasteiger partial charge is 0.205 e. The summed E-state index contributed by atoms with van der Waals surface area (Å²) in [7, 11) is 0. The van der Waals surface area contributed by atoms with Gasteiger partial charge >= 0.3 is 0 Å². The summed E-state index contributed by atoms with van der Waals surface area (Å²) >= 11 is 6.02. The molecule has 0 unspecified atom stereocenters. The van der Waals surface area contributed by atoms with Crippen molar-refractivity contribution in [2.75, 3.05) is 12.0 Å². The molecule has 0 atom stereocenters. The molecular weight excluding hydrogens is 344 g/mol. The van der Waals surface area contributed by atoms with E-state index in [1.807, 2.05) is 6.26 Å². The maximum absolute atomic E-state index is 12.4. The van der Waals surface area contributed by atoms with Crippen molar-refractivity contribution in [2.24, 2.45) is 0 Å². The first-order chi connectivity index (χ1) is 9.08. The van der Waals surface area contributed by atoms with Gasteiger partial charge in [0.1, 0.15) is 16.5 Å². The van der Waals surface area contributed by atoms with Crippen LogP contribution in [0, 0.1) is 11.3 Å². The molecule has 0 saturated carbocycles. The second-order valence-corrected chi connectivity index (χ2v) is 6.67. The molecule has 0 spiro atoms. The fraction of sp³-hybridized carbons (Fsp3) is 0.0769. The predicted octanol–water partition coefficient (Wildman–Crippen LogP) is 3.92. The highest BCUT2D eigenvalue weighted by Gasteiger charge is 2.21. The standard InChI is InChI=1S/C13H9BrN2OS2/c1-18-13-9(6-15)10(16)12(19-13)11(17)7-2-4-8(14)5-3-7/h2-5H,16H2,1H3. The van der Waals surface area contributed by atoms with E-state index in [1.54, 1.807) is 24.3 Å². The fourth-order valence-electron chi connectivity index (χ4n) is 1.57. The van der Waals surface area contributed by atoms with Gasteiger partial charge in [0.25, 0.3) is 0 Å². The maximum Gasteiger partial charge on any atom is 0.205 e. The Morgan fingerprint density at radius 3 is 2.53 bits per heavy atom. The van der Waals surface area contributed by atoms with E-state index in [-0.39, 0.29) is 11.5 Å². The van der Waals surface area contributed by atoms with Crippen LogP contribution in [0.4, 0.5) is 5.69 Å². The molecule has 1 heterocycles. The number of carbonyl (C=O) groups excluding carboxylic acids is 1. The van der Waals surface area contributed by atoms with Gasteiger partial charge in [-0.1, -0.05) is 15.9 Å². The van der Waals surface area contributed by atoms with Gasteiger partial charge in [-0.15, -0.1) is 23.1 Å². The van der Waals surface area contributed by atoms with Gasteiger partial charge in [0.15, 0.2) is 0 Å². The van der Waals surface area contributed by atoms with Crippen LogP contribution in [0.3, 0.4) is 0 Å². The lowest BCUT2D eigenvalue weighted by molar-refractivity contribution is 0.104. The largest absolute Gasteiger partial charge is 0.396 e. The number of anilines is 1. The summed E-state index contributed by atoms with van der Waals surface area (Å²) in [6, 6.07) is 9.13. The van der Waals surface area contributed by atoms with Crippen LogP contribution >= 0.6 is 39.0 Å². The molecule has 2 aromatic rings. The molecule has 0 aliphatic heterocycles. The number of halogens is 1. The van der Waals surface area contributed by atoms with Gasteiger partial charge in [-0.3, -0.25) is 4.79 Å². The van der Waals surface area contributed by atoms with Gasteiger partial charge in [0.05, 0.1) is 9.90 Å². The number of thiophene rings is 1. The second-order valence-electron chi connectivity index (χ2n) is 3.66. The van der Waals surface area contributed by atoms with E-state index >= 15 is 0 Å². The number of nitriles is 1. The topological polar surface area (TPSA) is 66.9 Å². The summed E-state index contributed by atoms with van der Waals surface area (Å²) in [5.41, 5.74) is 7.15. The molecule has 19 heavy (non-hydrogen) atoms. The molecule has 3 nitrogen and oxygen atoms in total. The number of thioether (sulfide) groups is 1. The van der Waals surface area contributed by atoms with Crippen molar-refractivity contribution in [3.63, 3.8) is 0 Å². The maximum atomic E-state index is 12.4. The molecule has 0 radical (unpaired) electrons. The summed E-state index contributed by atoms with van der Waals surface area (Å²) in [5, 5.41) is 9.08. The molecule has 0 amide bonds. The zero-order chi connectivity index (χ0) is 14.0. The normalized spacial score (nSPS) is 10.2. The molecule has 0 aliphatic carbocycles. The van der Waals surface area contributed by atoms with Crippen molar-refractivity contribution in [1.29, 1.82) is 5.26 Å². The SMILES string of the molecule is CSc1sc(C(=O)c2ccc(Br)cc2)c(N)c1C#N. The molecule has 0 saturated heterocycles. The van der Waals surface area contributed by atoms with E-state index in [0.29, 0.717) is 16.0 Å². The van der Waals surface area contributed by atoms with E-state index in [4.69, 9.17) is 11.0 Å². The highest BCUT2D eigenvalue weighted by Crippen LogP contribution is 2.37. The van der Waals surface area contributed by atoms with Gasteiger partial charge in [-0.25, -0.2) is 0 Å². The molecule has 96 valence electrons. The van der Waals surface area contributed by atoms with E-state index in [9.17, 15) is 4.79 Å². The van der Waals surface area contributed by atoms with Crippen molar-refractivity contribution < 1.29 is 4.79 Å². The summed E-state index contributed by atoms with van der Waals surface area (Å²) in [4.78, 5) is 12.8. The number of hydrogen-bond donors (Lipinski definition) is 1. The minimum atomic E-state index is -0.146. The molecule has 0 fully saturated rings. The van der Waals surface area contributed by atoms with Crippen LogP contribution in [-0.2, 0) is 0 Å². The molecule has 1 aromatic heterocycles. The molecule has 1 aromatic carbocycles. The summed E-state index contributed by atoms with van der Waals surface area (Å²) in [5.74, 6) is -0.146. The molecule has 2 rings (SSSR count). The van der Waals surface area contributed by atoms with Crippen LogP contribution in [0.5, 0.6) is 0 Å². The van der Waals surface area contributed by atoms with E-state index in [2.05, 4.69) is 22.0 Å². The molecule has 6 heteroatoms. The number of nitrogen functional groups attached to an aromatic ring is 1. The van der Waals surface area contributed by atoms with Crippen LogP contribution in [0.2, 0.25) is 0 Å². The van der Waals surface area contributed by atoms with Crippen LogP contribution in [0.15, 0.2) is 32.9 Å². The zero-order valence-corrected chi connectivity index (χ0v) is 13.2. The average Bonchev–Trinajstić information content (AvgIpc) is 2.75. The van der Waals surface area contributed by atoms with E-state index < -0.39 is 0 Å². The second kappa shape index (κ2) is 5.78. The first kappa shape index (κ1) is 14.1. The third-order valence-corrected chi connectivity index (χ3v) is 5.38. The lowest BCUT2D eigenvalue weighted by atomic mass is 10.1. The molecule has 0 bridgehead atoms. The first-order valence-corrected chi connectivity index (χ1v) is 8.08. The number of carbonyl (C=O) groups is 1. The van der Waals surface area contributed by atoms with E-state index in [0.717, 1.165) is 8.68 Å². The summed E-state index contributed by atoms with van der Waals surface area (Å²) < 4.78 is 1.69. The lowest BCUT2D eigenvalue weighted by Crippen LogP contribution is -2.02. The molecular formula is C13H9BrN2OS2. The highest BCUT2D eigenvalue weighted by molar-refractivity contribution is 9.10. The number of rotatable bonds is 3. The van der Waals surface area contributed by atoms with Gasteiger partial charge < -0.3 is 5.73 Å². The Bertz CT molecular complexity index is 671. The molecule has 0 aliphatic rings. The first-order valence-electron chi connectivity index (χ1n) is 5.25. The summed E-state index contributed by atoms with van der Waals surface area (Å²) in [6.07, 6.45) is 1.86. The Morgan fingerprint density at radius 2 is 2.05 bits per heavy atom. The quantitative estimate of drug-likeness (QED) is 0.671. The number of ketones is 1. The predicted molar refractivity (Wildman–Crippen MR) is 82.8 cm³/mol. The number of hydrogen-bond acceptors (Lipinski definition) is 5. The zero-order valence-electron chi connectivity index (χ0n) is 9.94. The number of nitrogens with zero attached hydrogens (tertiary/aromatic N) is 1. The van der Waals surface area contributed by atoms with Crippen molar-refractivity contribution in [3.05, 3.63) is 44.7 Å². The number of nitrogens with two attached hydrogens (primary N) is 1. The summed E-state index contributed by atoms with van der Waals surface area (Å²) in [6.45, 7) is 0. The van der Waals surface area contributed by atoms with Crippen LogP contribution in [0.25, 0.3) is 0 Å². The van der Waals surface area contributed by atoms with Crippen LogP contribution in [-0.4, -0.2) is 12.0 Å². The Morgan fingerprint density at radius 1 is 1.42 bits per heavy atom. The highest BCUT2D eigenvalue weighted by atomic mass is 79.9. The molecule has 2 N–H and O–H groups in total. The van der Waals surface area contributed by atoms with Gasteiger partial charge in [0.2, 0.25) is 5.78 Å². The van der Waals surface area contributed by atoms with Crippen molar-refractivity contribution >= 4 is 50.5 Å². The third kappa shape index (κ3) is 2.68. The van der Waals surface area contributed by atoms with Crippen LogP contribution in [0.1, 0.15) is 20.8 Å². The van der Waals surface area contributed by atoms with Crippen molar-refractivity contribution in [1.82, 2.24) is 0 Å². The Kier molecular flexibility index (Phi) is 4.30. The Labute approximate surface area is 127 Å². The van der Waals surface area contributed by atoms with Gasteiger partial charge in [-0.05, 0) is 30.5 Å². The number of benzene rings is 1. The fourth-order valence-corrected chi connectivity index (χ4v) is 3.65. The minimum absolute atomic E-state index is 0.146. The van der Waals surface area contributed by atoms with E-state index in [1.165, 1.54) is 23.1 Å². The lowest BCUT2D eigenvalue weighted by Gasteiger charge is -2.00. The monoisotopic (exact) mass is 352 g/mol. The van der Waals surface area contributed by atoms with Crippen LogP contribution < -0.4 is 5.73 Å². The van der Waals surface area contributed by atoms with Gasteiger partial charge in [-0.2, -0.15) is 5.26 Å². The minimum Gasteiger partial charge on any atom is -0.396 e. The van der Waals surface area contributed by atoms with Gasteiger partial charge in [0, 0.05) is 10.0 Å². The average molecular weight is 353 g/mol. The third-order valence-electron chi connectivity index (χ3n) is 2.52. The Hall–Kier alpha value is -1.29. The van der Waals surface area contributed by atoms with Crippen molar-refractivity contribution in [2.45, 2.75) is 4.21 Å². The van der Waals surface area contributed by atoms with Crippen molar-refractivity contribution in [3.8, 4) is 6.07 Å². The Balaban J connectivity index is 2.48.